The molecule has 1 aliphatic heterocycles. The van der Waals surface area contributed by atoms with E-state index in [-0.39, 0.29) is 12.4 Å². The van der Waals surface area contributed by atoms with E-state index in [4.69, 9.17) is 15.2 Å². The molecule has 1 aromatic heterocycles. The Kier molecular flexibility index (Phi) is 3.97. The summed E-state index contributed by atoms with van der Waals surface area (Å²) in [4.78, 5) is 25.2. The molecule has 0 aliphatic carbocycles. The number of aliphatic hydroxyl groups excluding tert-OH is 2. The molecule has 0 aromatic carbocycles. The number of hydrogen-bond donors (Lipinski definition) is 3. The van der Waals surface area contributed by atoms with Gasteiger partial charge in [0, 0.05) is 6.92 Å². The molecule has 2 heterocycles. The Hall–Kier alpha value is -2.04. The van der Waals surface area contributed by atoms with E-state index in [0.717, 1.165) is 11.0 Å². The minimum Gasteiger partial charge on any atom is -0.463 e. The van der Waals surface area contributed by atoms with Crippen molar-refractivity contribution in [2.45, 2.75) is 31.5 Å². The van der Waals surface area contributed by atoms with Crippen molar-refractivity contribution in [3.05, 3.63) is 12.2 Å². The molecule has 2 rings (SSSR count). The van der Waals surface area contributed by atoms with Gasteiger partial charge in [-0.25, -0.2) is 9.67 Å². The number of ether oxygens (including phenoxy) is 2. The first-order valence-corrected chi connectivity index (χ1v) is 5.76. The number of hydrogen-bond acceptors (Lipinski definition) is 8. The molecule has 0 bridgehead atoms. The molecule has 4 atom stereocenters. The van der Waals surface area contributed by atoms with Crippen molar-refractivity contribution in [1.82, 2.24) is 14.8 Å². The first-order valence-electron chi connectivity index (χ1n) is 5.76. The molecule has 20 heavy (non-hydrogen) atoms. The molecule has 1 saturated heterocycles. The summed E-state index contributed by atoms with van der Waals surface area (Å²) in [6.07, 6.45) is -3.38. The molecule has 0 unspecified atom stereocenters. The summed E-state index contributed by atoms with van der Waals surface area (Å²) in [5.41, 5.74) is 5.01. The molecule has 0 saturated carbocycles. The predicted molar refractivity (Wildman–Crippen MR) is 61.1 cm³/mol. The van der Waals surface area contributed by atoms with E-state index in [1.165, 1.54) is 6.92 Å². The van der Waals surface area contributed by atoms with E-state index in [9.17, 15) is 19.8 Å². The third kappa shape index (κ3) is 2.76. The van der Waals surface area contributed by atoms with Gasteiger partial charge in [-0.2, -0.15) is 0 Å². The Labute approximate surface area is 113 Å². The fourth-order valence-electron chi connectivity index (χ4n) is 1.80. The molecule has 1 amide bonds. The van der Waals surface area contributed by atoms with Gasteiger partial charge < -0.3 is 25.4 Å². The second-order valence-corrected chi connectivity index (χ2v) is 4.26. The van der Waals surface area contributed by atoms with Crippen LogP contribution in [0.4, 0.5) is 0 Å². The van der Waals surface area contributed by atoms with Gasteiger partial charge in [-0.05, 0) is 0 Å². The minimum absolute atomic E-state index is 0.207. The first kappa shape index (κ1) is 14.4. The van der Waals surface area contributed by atoms with E-state index >= 15 is 0 Å². The lowest BCUT2D eigenvalue weighted by Gasteiger charge is -2.13. The second-order valence-electron chi connectivity index (χ2n) is 4.26. The molecule has 10 nitrogen and oxygen atoms in total. The van der Waals surface area contributed by atoms with E-state index in [2.05, 4.69) is 10.1 Å². The van der Waals surface area contributed by atoms with Gasteiger partial charge >= 0.3 is 5.97 Å². The number of esters is 1. The molecular weight excluding hydrogens is 272 g/mol. The molecular formula is C10H14N4O6. The predicted octanol–water partition coefficient (Wildman–Crippen LogP) is -2.44. The average Bonchev–Trinajstić information content (AvgIpc) is 2.95. The molecule has 0 radical (unpaired) electrons. The summed E-state index contributed by atoms with van der Waals surface area (Å²) in [5.74, 6) is -1.59. The SMILES string of the molecule is CC(=O)OC[C@@H]1O[C@H](n2cnc(C(N)=O)n2)[C@@H](O)[C@H]1O. The molecule has 1 fully saturated rings. The van der Waals surface area contributed by atoms with Crippen molar-refractivity contribution >= 4 is 11.9 Å². The van der Waals surface area contributed by atoms with Crippen LogP contribution < -0.4 is 5.73 Å². The summed E-state index contributed by atoms with van der Waals surface area (Å²) in [5, 5.41) is 23.4. The van der Waals surface area contributed by atoms with Crippen LogP contribution in [0.15, 0.2) is 6.33 Å². The van der Waals surface area contributed by atoms with Crippen LogP contribution >= 0.6 is 0 Å². The number of nitrogens with zero attached hydrogens (tertiary/aromatic N) is 3. The monoisotopic (exact) mass is 286 g/mol. The molecule has 4 N–H and O–H groups in total. The molecule has 1 aromatic rings. The summed E-state index contributed by atoms with van der Waals surface area (Å²) >= 11 is 0. The van der Waals surface area contributed by atoms with Gasteiger partial charge in [0.25, 0.3) is 5.91 Å². The summed E-state index contributed by atoms with van der Waals surface area (Å²) < 4.78 is 11.1. The fourth-order valence-corrected chi connectivity index (χ4v) is 1.80. The number of amides is 1. The van der Waals surface area contributed by atoms with Crippen molar-refractivity contribution in [3.8, 4) is 0 Å². The Morgan fingerprint density at radius 3 is 2.75 bits per heavy atom. The van der Waals surface area contributed by atoms with E-state index < -0.39 is 36.4 Å². The van der Waals surface area contributed by atoms with E-state index in [1.807, 2.05) is 0 Å². The van der Waals surface area contributed by atoms with Crippen LogP contribution in [0, 0.1) is 0 Å². The zero-order valence-electron chi connectivity index (χ0n) is 10.5. The average molecular weight is 286 g/mol. The topological polar surface area (TPSA) is 150 Å². The Bertz CT molecular complexity index is 518. The summed E-state index contributed by atoms with van der Waals surface area (Å²) in [6.45, 7) is 1.01. The maximum absolute atomic E-state index is 10.9. The van der Waals surface area contributed by atoms with Gasteiger partial charge in [0.1, 0.15) is 31.2 Å². The van der Waals surface area contributed by atoms with Crippen molar-refractivity contribution in [2.24, 2.45) is 5.73 Å². The van der Waals surface area contributed by atoms with Crippen LogP contribution in [0.3, 0.4) is 0 Å². The Morgan fingerprint density at radius 1 is 1.50 bits per heavy atom. The maximum Gasteiger partial charge on any atom is 0.302 e. The number of aromatic nitrogens is 3. The van der Waals surface area contributed by atoms with E-state index in [1.54, 1.807) is 0 Å². The lowest BCUT2D eigenvalue weighted by atomic mass is 10.1. The smallest absolute Gasteiger partial charge is 0.302 e. The number of aliphatic hydroxyl groups is 2. The second kappa shape index (κ2) is 5.53. The molecule has 1 aliphatic rings. The van der Waals surface area contributed by atoms with Crippen molar-refractivity contribution < 1.29 is 29.3 Å². The minimum atomic E-state index is -1.31. The fraction of sp³-hybridized carbons (Fsp3) is 0.600. The number of carbonyl (C=O) groups excluding carboxylic acids is 2. The molecule has 10 heteroatoms. The van der Waals surface area contributed by atoms with Gasteiger partial charge in [-0.15, -0.1) is 5.10 Å². The van der Waals surface area contributed by atoms with Crippen molar-refractivity contribution in [2.75, 3.05) is 6.61 Å². The van der Waals surface area contributed by atoms with Gasteiger partial charge in [-0.3, -0.25) is 9.59 Å². The standard InChI is InChI=1S/C10H14N4O6/c1-4(15)19-2-5-6(16)7(17)10(20-5)14-3-12-9(13-14)8(11)18/h3,5-7,10,16-17H,2H2,1H3,(H2,11,18)/t5-,6-,7-,10-/m0/s1. The normalized spacial score (nSPS) is 29.4. The maximum atomic E-state index is 10.9. The van der Waals surface area contributed by atoms with Crippen LogP contribution in [-0.4, -0.2) is 61.8 Å². The quantitative estimate of drug-likeness (QED) is 0.516. The lowest BCUT2D eigenvalue weighted by Crippen LogP contribution is -2.34. The van der Waals surface area contributed by atoms with Crippen molar-refractivity contribution in [3.63, 3.8) is 0 Å². The number of primary amides is 1. The highest BCUT2D eigenvalue weighted by molar-refractivity contribution is 5.88. The Morgan fingerprint density at radius 2 is 2.20 bits per heavy atom. The zero-order chi connectivity index (χ0) is 14.9. The summed E-state index contributed by atoms with van der Waals surface area (Å²) in [6, 6.07) is 0. The number of rotatable bonds is 4. The van der Waals surface area contributed by atoms with Crippen LogP contribution in [-0.2, 0) is 14.3 Å². The molecule has 110 valence electrons. The number of nitrogens with two attached hydrogens (primary N) is 1. The van der Waals surface area contributed by atoms with Gasteiger partial charge in [-0.1, -0.05) is 0 Å². The highest BCUT2D eigenvalue weighted by atomic mass is 16.6. The van der Waals surface area contributed by atoms with Crippen LogP contribution in [0.1, 0.15) is 23.8 Å². The third-order valence-corrected chi connectivity index (χ3v) is 2.78. The van der Waals surface area contributed by atoms with Crippen LogP contribution in [0.2, 0.25) is 0 Å². The van der Waals surface area contributed by atoms with Crippen LogP contribution in [0.25, 0.3) is 0 Å². The largest absolute Gasteiger partial charge is 0.463 e. The lowest BCUT2D eigenvalue weighted by molar-refractivity contribution is -0.147. The third-order valence-electron chi connectivity index (χ3n) is 2.78. The number of carbonyl (C=O) groups is 2. The van der Waals surface area contributed by atoms with Gasteiger partial charge in [0.15, 0.2) is 6.23 Å². The van der Waals surface area contributed by atoms with Crippen LogP contribution in [0.5, 0.6) is 0 Å². The highest BCUT2D eigenvalue weighted by Crippen LogP contribution is 2.28. The van der Waals surface area contributed by atoms with Gasteiger partial charge in [0.2, 0.25) is 5.82 Å². The van der Waals surface area contributed by atoms with E-state index in [0.29, 0.717) is 0 Å². The van der Waals surface area contributed by atoms with Crippen molar-refractivity contribution in [1.29, 1.82) is 0 Å². The first-order chi connectivity index (χ1) is 9.40. The highest BCUT2D eigenvalue weighted by Gasteiger charge is 2.44. The summed E-state index contributed by atoms with van der Waals surface area (Å²) in [7, 11) is 0. The Balaban J connectivity index is 2.08. The zero-order valence-corrected chi connectivity index (χ0v) is 10.5. The van der Waals surface area contributed by atoms with Gasteiger partial charge in [0.05, 0.1) is 0 Å². The molecule has 0 spiro atoms.